The molecule has 7 aromatic rings. The summed E-state index contributed by atoms with van der Waals surface area (Å²) in [6.07, 6.45) is 1.75. The minimum atomic E-state index is -3.73. The van der Waals surface area contributed by atoms with E-state index in [2.05, 4.69) is 9.97 Å². The SMILES string of the molecule is O=c1oc2ccccc2c2ncc(C(O)(O)C(O)(O)c3cc(Cl)cc(C(O)(O)C(O)(O)c4cnc5c(c4)c(=O)oc4ccccc45)c3)cc12. The molecule has 0 saturated heterocycles. The first-order chi connectivity index (χ1) is 23.0. The van der Waals surface area contributed by atoms with Gasteiger partial charge in [-0.25, -0.2) is 9.59 Å². The summed E-state index contributed by atoms with van der Waals surface area (Å²) in [7, 11) is 0. The molecular weight excluding hydrogens is 664 g/mol. The van der Waals surface area contributed by atoms with E-state index in [0.717, 1.165) is 36.7 Å². The summed E-state index contributed by atoms with van der Waals surface area (Å²) in [5.74, 6) is -14.8. The zero-order valence-electron chi connectivity index (χ0n) is 24.6. The molecular formula is C34H23ClN2O12. The van der Waals surface area contributed by atoms with E-state index < -0.39 is 61.7 Å². The monoisotopic (exact) mass is 686 g/mol. The highest BCUT2D eigenvalue weighted by atomic mass is 35.5. The topological polar surface area (TPSA) is 248 Å². The number of hydrogen-bond acceptors (Lipinski definition) is 14. The fourth-order valence-electron chi connectivity index (χ4n) is 5.66. The van der Waals surface area contributed by atoms with Crippen molar-refractivity contribution in [3.05, 3.63) is 139 Å². The molecule has 0 amide bonds. The van der Waals surface area contributed by atoms with Gasteiger partial charge in [-0.3, -0.25) is 9.97 Å². The number of para-hydroxylation sites is 2. The van der Waals surface area contributed by atoms with Crippen molar-refractivity contribution in [2.45, 2.75) is 23.1 Å². The van der Waals surface area contributed by atoms with Gasteiger partial charge in [-0.2, -0.15) is 0 Å². The summed E-state index contributed by atoms with van der Waals surface area (Å²) in [5.41, 5.74) is -4.29. The smallest absolute Gasteiger partial charge is 0.345 e. The van der Waals surface area contributed by atoms with Crippen molar-refractivity contribution in [2.75, 3.05) is 0 Å². The van der Waals surface area contributed by atoms with E-state index in [1.807, 2.05) is 0 Å². The van der Waals surface area contributed by atoms with Crippen molar-refractivity contribution in [2.24, 2.45) is 0 Å². The molecule has 49 heavy (non-hydrogen) atoms. The Morgan fingerprint density at radius 1 is 0.490 bits per heavy atom. The summed E-state index contributed by atoms with van der Waals surface area (Å²) >= 11 is 6.16. The fraction of sp³-hybridized carbons (Fsp3) is 0.118. The van der Waals surface area contributed by atoms with E-state index in [4.69, 9.17) is 20.4 Å². The minimum Gasteiger partial charge on any atom is -0.422 e. The maximum Gasteiger partial charge on any atom is 0.345 e. The molecule has 0 aliphatic carbocycles. The Balaban J connectivity index is 1.30. The predicted molar refractivity (Wildman–Crippen MR) is 171 cm³/mol. The third kappa shape index (κ3) is 4.90. The Bertz CT molecular complexity index is 2420. The molecule has 0 radical (unpaired) electrons. The summed E-state index contributed by atoms with van der Waals surface area (Å²) in [6.45, 7) is 0. The van der Waals surface area contributed by atoms with Crippen LogP contribution in [0.5, 0.6) is 0 Å². The van der Waals surface area contributed by atoms with Gasteiger partial charge in [0.2, 0.25) is 0 Å². The predicted octanol–water partition coefficient (Wildman–Crippen LogP) is 1.60. The molecule has 0 aliphatic rings. The van der Waals surface area contributed by atoms with Gasteiger partial charge in [-0.1, -0.05) is 35.9 Å². The van der Waals surface area contributed by atoms with E-state index >= 15 is 0 Å². The lowest BCUT2D eigenvalue weighted by Crippen LogP contribution is -2.51. The molecule has 0 bridgehead atoms. The third-order valence-corrected chi connectivity index (χ3v) is 8.60. The number of pyridine rings is 2. The second-order valence-corrected chi connectivity index (χ2v) is 11.9. The summed E-state index contributed by atoms with van der Waals surface area (Å²) < 4.78 is 10.5. The molecule has 8 N–H and O–H groups in total. The van der Waals surface area contributed by atoms with Crippen LogP contribution in [0.3, 0.4) is 0 Å². The average molecular weight is 687 g/mol. The Labute approximate surface area is 277 Å². The van der Waals surface area contributed by atoms with E-state index in [9.17, 15) is 50.4 Å². The number of hydrogen-bond donors (Lipinski definition) is 8. The molecule has 3 aromatic carbocycles. The zero-order chi connectivity index (χ0) is 35.1. The standard InChI is InChI=1S/C34H23ClN2O12/c35-20-10-16(31(40,41)33(44,45)18-12-23-27(36-14-18)21-5-1-3-7-25(21)48-29(23)38)9-17(11-20)32(42,43)34(46,47)19-13-24-28(37-15-19)22-6-2-4-8-26(22)49-30(24)39/h1-15,40-47H. The first kappa shape index (κ1) is 32.4. The molecule has 0 spiro atoms. The molecule has 0 unspecified atom stereocenters. The Kier molecular flexibility index (Phi) is 7.24. The Hall–Kier alpha value is -5.13. The van der Waals surface area contributed by atoms with Crippen molar-refractivity contribution >= 4 is 55.3 Å². The molecule has 0 atom stereocenters. The first-order valence-corrected chi connectivity index (χ1v) is 14.7. The van der Waals surface area contributed by atoms with Crippen LogP contribution in [-0.4, -0.2) is 50.8 Å². The van der Waals surface area contributed by atoms with Crippen LogP contribution in [0.2, 0.25) is 5.02 Å². The molecule has 15 heteroatoms. The maximum atomic E-state index is 12.7. The van der Waals surface area contributed by atoms with Gasteiger partial charge in [-0.15, -0.1) is 0 Å². The van der Waals surface area contributed by atoms with Crippen LogP contribution >= 0.6 is 11.6 Å². The van der Waals surface area contributed by atoms with Gasteiger partial charge >= 0.3 is 11.3 Å². The van der Waals surface area contributed by atoms with Crippen LogP contribution in [0.15, 0.2) is 110 Å². The van der Waals surface area contributed by atoms with Crippen LogP contribution in [0.1, 0.15) is 22.3 Å². The second-order valence-electron chi connectivity index (χ2n) is 11.4. The van der Waals surface area contributed by atoms with Gasteiger partial charge in [-0.05, 0) is 54.6 Å². The molecule has 0 aliphatic heterocycles. The van der Waals surface area contributed by atoms with E-state index in [-0.39, 0.29) is 33.0 Å². The summed E-state index contributed by atoms with van der Waals surface area (Å²) in [5, 5.41) is 89.1. The lowest BCUT2D eigenvalue weighted by Gasteiger charge is -2.38. The Morgan fingerprint density at radius 3 is 1.27 bits per heavy atom. The molecule has 0 saturated carbocycles. The highest BCUT2D eigenvalue weighted by Gasteiger charge is 2.54. The molecule has 4 aromatic heterocycles. The molecule has 0 fully saturated rings. The number of benzene rings is 3. The zero-order valence-corrected chi connectivity index (χ0v) is 25.4. The Morgan fingerprint density at radius 2 is 0.857 bits per heavy atom. The van der Waals surface area contributed by atoms with Gasteiger partial charge < -0.3 is 49.7 Å². The van der Waals surface area contributed by atoms with Crippen LogP contribution in [0.25, 0.3) is 43.7 Å². The van der Waals surface area contributed by atoms with E-state index in [1.165, 1.54) is 12.1 Å². The average Bonchev–Trinajstić information content (AvgIpc) is 3.07. The number of aliphatic hydroxyl groups is 8. The van der Waals surface area contributed by atoms with Gasteiger partial charge in [0.1, 0.15) is 11.2 Å². The number of aromatic nitrogens is 2. The van der Waals surface area contributed by atoms with Crippen molar-refractivity contribution < 1.29 is 49.7 Å². The third-order valence-electron chi connectivity index (χ3n) is 8.39. The second kappa shape index (κ2) is 10.9. The van der Waals surface area contributed by atoms with Gasteiger partial charge in [0.15, 0.2) is 0 Å². The normalized spacial score (nSPS) is 13.2. The van der Waals surface area contributed by atoms with Crippen LogP contribution in [0.4, 0.5) is 0 Å². The molecule has 14 nitrogen and oxygen atoms in total. The van der Waals surface area contributed by atoms with Crippen molar-refractivity contribution in [3.63, 3.8) is 0 Å². The van der Waals surface area contributed by atoms with Crippen LogP contribution in [-0.2, 0) is 23.1 Å². The largest absolute Gasteiger partial charge is 0.422 e. The van der Waals surface area contributed by atoms with E-state index in [1.54, 1.807) is 36.4 Å². The quantitative estimate of drug-likeness (QED) is 0.0703. The number of fused-ring (bicyclic) bond motifs is 6. The fourth-order valence-corrected chi connectivity index (χ4v) is 5.90. The molecule has 7 rings (SSSR count). The summed E-state index contributed by atoms with van der Waals surface area (Å²) in [4.78, 5) is 33.7. The van der Waals surface area contributed by atoms with Crippen molar-refractivity contribution in [1.82, 2.24) is 9.97 Å². The number of halogens is 1. The van der Waals surface area contributed by atoms with Gasteiger partial charge in [0, 0.05) is 50.4 Å². The summed E-state index contributed by atoms with van der Waals surface area (Å²) in [6, 6.07) is 17.0. The lowest BCUT2D eigenvalue weighted by molar-refractivity contribution is -0.378. The molecule has 4 heterocycles. The lowest BCUT2D eigenvalue weighted by atomic mass is 9.86. The van der Waals surface area contributed by atoms with Crippen molar-refractivity contribution in [3.8, 4) is 0 Å². The molecule has 248 valence electrons. The van der Waals surface area contributed by atoms with Crippen LogP contribution in [0, 0.1) is 0 Å². The van der Waals surface area contributed by atoms with E-state index in [0.29, 0.717) is 16.8 Å². The number of nitrogens with zero attached hydrogens (tertiary/aromatic N) is 2. The maximum absolute atomic E-state index is 12.7. The van der Waals surface area contributed by atoms with Gasteiger partial charge in [0.05, 0.1) is 21.8 Å². The van der Waals surface area contributed by atoms with Gasteiger partial charge in [0.25, 0.3) is 23.1 Å². The van der Waals surface area contributed by atoms with Crippen molar-refractivity contribution in [1.29, 1.82) is 0 Å². The van der Waals surface area contributed by atoms with Crippen LogP contribution < -0.4 is 11.3 Å². The highest BCUT2D eigenvalue weighted by molar-refractivity contribution is 6.30. The highest BCUT2D eigenvalue weighted by Crippen LogP contribution is 2.43. The first-order valence-electron chi connectivity index (χ1n) is 14.3. The minimum absolute atomic E-state index is 0.125. The number of rotatable bonds is 6.